The number of thiophene rings is 1. The van der Waals surface area contributed by atoms with Crippen LogP contribution in [-0.2, 0) is 22.6 Å². The lowest BCUT2D eigenvalue weighted by Gasteiger charge is -2.09. The van der Waals surface area contributed by atoms with Crippen molar-refractivity contribution in [2.75, 3.05) is 0 Å². The Kier molecular flexibility index (Phi) is 3.89. The molecule has 2 rings (SSSR count). The summed E-state index contributed by atoms with van der Waals surface area (Å²) in [7, 11) is 0. The maximum Gasteiger partial charge on any atom is 0.323 e. The number of nitrogens with one attached hydrogen (secondary N) is 1. The molecule has 0 amide bonds. The molecule has 1 atom stereocenters. The minimum absolute atomic E-state index is 0.285. The molecular weight excluding hydrogens is 238 g/mol. The number of rotatable bonds is 5. The van der Waals surface area contributed by atoms with Gasteiger partial charge in [-0.05, 0) is 11.4 Å². The summed E-state index contributed by atoms with van der Waals surface area (Å²) in [4.78, 5) is 19.3. The number of ether oxygens (including phenoxy) is 1. The van der Waals surface area contributed by atoms with E-state index in [4.69, 9.17) is 10.5 Å². The summed E-state index contributed by atoms with van der Waals surface area (Å²) in [5.41, 5.74) is 6.55. The molecule has 5 nitrogen and oxygen atoms in total. The number of nitrogens with two attached hydrogens (primary N) is 1. The van der Waals surface area contributed by atoms with Crippen LogP contribution in [0.5, 0.6) is 0 Å². The maximum absolute atomic E-state index is 11.6. The third kappa shape index (κ3) is 3.40. The molecule has 0 radical (unpaired) electrons. The molecule has 0 bridgehead atoms. The van der Waals surface area contributed by atoms with Crippen molar-refractivity contribution in [2.45, 2.75) is 19.1 Å². The monoisotopic (exact) mass is 251 g/mol. The molecule has 0 aromatic carbocycles. The largest absolute Gasteiger partial charge is 0.459 e. The fourth-order valence-electron chi connectivity index (χ4n) is 1.36. The Morgan fingerprint density at radius 1 is 1.65 bits per heavy atom. The molecule has 0 aliphatic heterocycles. The van der Waals surface area contributed by atoms with Crippen LogP contribution in [0.3, 0.4) is 0 Å². The quantitative estimate of drug-likeness (QED) is 0.779. The molecule has 2 aromatic heterocycles. The molecule has 90 valence electrons. The third-order valence-electron chi connectivity index (χ3n) is 2.23. The van der Waals surface area contributed by atoms with E-state index in [1.807, 2.05) is 17.5 Å². The van der Waals surface area contributed by atoms with Gasteiger partial charge in [0.1, 0.15) is 12.6 Å². The van der Waals surface area contributed by atoms with Crippen LogP contribution in [-0.4, -0.2) is 22.0 Å². The average Bonchev–Trinajstić information content (AvgIpc) is 2.98. The van der Waals surface area contributed by atoms with E-state index in [1.54, 1.807) is 23.9 Å². The fraction of sp³-hybridized carbons (Fsp3) is 0.273. The van der Waals surface area contributed by atoms with Gasteiger partial charge in [0.15, 0.2) is 0 Å². The molecule has 3 N–H and O–H groups in total. The summed E-state index contributed by atoms with van der Waals surface area (Å²) in [6.07, 6.45) is 3.61. The normalized spacial score (nSPS) is 12.3. The number of hydrogen-bond donors (Lipinski definition) is 2. The number of H-pyrrole nitrogens is 1. The van der Waals surface area contributed by atoms with E-state index in [1.165, 1.54) is 0 Å². The molecule has 0 aliphatic rings. The van der Waals surface area contributed by atoms with Crippen molar-refractivity contribution >= 4 is 17.3 Å². The van der Waals surface area contributed by atoms with Gasteiger partial charge in [-0.2, -0.15) is 0 Å². The highest BCUT2D eigenvalue weighted by Crippen LogP contribution is 2.10. The minimum Gasteiger partial charge on any atom is -0.459 e. The summed E-state index contributed by atoms with van der Waals surface area (Å²) < 4.78 is 5.11. The Balaban J connectivity index is 1.79. The lowest BCUT2D eigenvalue weighted by Crippen LogP contribution is -2.34. The number of carbonyl (C=O) groups excluding carboxylic acids is 1. The third-order valence-corrected chi connectivity index (χ3v) is 3.08. The average molecular weight is 251 g/mol. The van der Waals surface area contributed by atoms with E-state index in [0.717, 1.165) is 10.6 Å². The van der Waals surface area contributed by atoms with Gasteiger partial charge in [0, 0.05) is 23.2 Å². The van der Waals surface area contributed by atoms with Gasteiger partial charge >= 0.3 is 5.97 Å². The van der Waals surface area contributed by atoms with E-state index in [2.05, 4.69) is 9.97 Å². The van der Waals surface area contributed by atoms with Gasteiger partial charge in [0.25, 0.3) is 0 Å². The van der Waals surface area contributed by atoms with E-state index < -0.39 is 12.0 Å². The maximum atomic E-state index is 11.6. The number of aromatic amines is 1. The zero-order valence-electron chi connectivity index (χ0n) is 9.13. The van der Waals surface area contributed by atoms with Gasteiger partial charge in [0.2, 0.25) is 0 Å². The van der Waals surface area contributed by atoms with E-state index in [-0.39, 0.29) is 6.61 Å². The summed E-state index contributed by atoms with van der Waals surface area (Å²) in [5, 5.41) is 1.94. The standard InChI is InChI=1S/C11H13N3O2S/c12-10(4-8-5-13-7-14-8)11(15)16-6-9-2-1-3-17-9/h1-3,5,7,10H,4,6,12H2,(H,13,14)/t10-/m1/s1. The lowest BCUT2D eigenvalue weighted by molar-refractivity contribution is -0.146. The Morgan fingerprint density at radius 3 is 3.18 bits per heavy atom. The van der Waals surface area contributed by atoms with Crippen molar-refractivity contribution < 1.29 is 9.53 Å². The molecule has 17 heavy (non-hydrogen) atoms. The van der Waals surface area contributed by atoms with E-state index >= 15 is 0 Å². The van der Waals surface area contributed by atoms with Crippen LogP contribution in [0, 0.1) is 0 Å². The highest BCUT2D eigenvalue weighted by molar-refractivity contribution is 7.09. The molecule has 2 heterocycles. The molecule has 0 aliphatic carbocycles. The number of carbonyl (C=O) groups is 1. The Bertz CT molecular complexity index is 453. The number of esters is 1. The molecule has 0 fully saturated rings. The van der Waals surface area contributed by atoms with Gasteiger partial charge in [-0.3, -0.25) is 4.79 Å². The summed E-state index contributed by atoms with van der Waals surface area (Å²) in [5.74, 6) is -0.395. The van der Waals surface area contributed by atoms with Crippen LogP contribution in [0.25, 0.3) is 0 Å². The van der Waals surface area contributed by atoms with Gasteiger partial charge < -0.3 is 15.5 Å². The number of aromatic nitrogens is 2. The van der Waals surface area contributed by atoms with Gasteiger partial charge in [-0.25, -0.2) is 4.98 Å². The molecule has 0 saturated heterocycles. The fourth-order valence-corrected chi connectivity index (χ4v) is 1.98. The second kappa shape index (κ2) is 5.60. The molecular formula is C11H13N3O2S. The molecule has 0 unspecified atom stereocenters. The molecule has 0 spiro atoms. The van der Waals surface area contributed by atoms with Crippen molar-refractivity contribution in [3.8, 4) is 0 Å². The zero-order valence-corrected chi connectivity index (χ0v) is 9.94. The summed E-state index contributed by atoms with van der Waals surface area (Å²) in [6.45, 7) is 0.285. The lowest BCUT2D eigenvalue weighted by atomic mass is 10.2. The highest BCUT2D eigenvalue weighted by atomic mass is 32.1. The van der Waals surface area contributed by atoms with Crippen molar-refractivity contribution in [3.63, 3.8) is 0 Å². The summed E-state index contributed by atoms with van der Waals surface area (Å²) in [6, 6.07) is 3.17. The van der Waals surface area contributed by atoms with Crippen LogP contribution in [0.2, 0.25) is 0 Å². The first-order valence-corrected chi connectivity index (χ1v) is 6.05. The van der Waals surface area contributed by atoms with Crippen LogP contribution < -0.4 is 5.73 Å². The first-order chi connectivity index (χ1) is 8.25. The zero-order chi connectivity index (χ0) is 12.1. The highest BCUT2D eigenvalue weighted by Gasteiger charge is 2.16. The van der Waals surface area contributed by atoms with Crippen LogP contribution in [0.4, 0.5) is 0 Å². The SMILES string of the molecule is N[C@H](Cc1cnc[nH]1)C(=O)OCc1cccs1. The number of imidazole rings is 1. The predicted octanol–water partition coefficient (Wildman–Crippen LogP) is 1.08. The van der Waals surface area contributed by atoms with E-state index in [0.29, 0.717) is 6.42 Å². The number of hydrogen-bond acceptors (Lipinski definition) is 5. The van der Waals surface area contributed by atoms with Crippen molar-refractivity contribution in [2.24, 2.45) is 5.73 Å². The van der Waals surface area contributed by atoms with Crippen LogP contribution in [0.1, 0.15) is 10.6 Å². The minimum atomic E-state index is -0.657. The van der Waals surface area contributed by atoms with Crippen LogP contribution in [0.15, 0.2) is 30.0 Å². The van der Waals surface area contributed by atoms with Crippen molar-refractivity contribution in [3.05, 3.63) is 40.6 Å². The first-order valence-electron chi connectivity index (χ1n) is 5.17. The molecule has 0 saturated carbocycles. The smallest absolute Gasteiger partial charge is 0.323 e. The van der Waals surface area contributed by atoms with Crippen molar-refractivity contribution in [1.29, 1.82) is 0 Å². The molecule has 6 heteroatoms. The van der Waals surface area contributed by atoms with Gasteiger partial charge in [-0.15, -0.1) is 11.3 Å². The number of nitrogens with zero attached hydrogens (tertiary/aromatic N) is 1. The topological polar surface area (TPSA) is 81.0 Å². The molecule has 2 aromatic rings. The summed E-state index contributed by atoms with van der Waals surface area (Å²) >= 11 is 1.55. The van der Waals surface area contributed by atoms with E-state index in [9.17, 15) is 4.79 Å². The second-order valence-electron chi connectivity index (χ2n) is 3.57. The van der Waals surface area contributed by atoms with Crippen molar-refractivity contribution in [1.82, 2.24) is 9.97 Å². The Morgan fingerprint density at radius 2 is 2.53 bits per heavy atom. The Labute approximate surface area is 103 Å². The van der Waals surface area contributed by atoms with Gasteiger partial charge in [0.05, 0.1) is 6.33 Å². The predicted molar refractivity (Wildman–Crippen MR) is 64.4 cm³/mol. The first kappa shape index (κ1) is 11.8. The Hall–Kier alpha value is -1.66. The van der Waals surface area contributed by atoms with Gasteiger partial charge in [-0.1, -0.05) is 6.07 Å². The van der Waals surface area contributed by atoms with Crippen LogP contribution >= 0.6 is 11.3 Å². The second-order valence-corrected chi connectivity index (χ2v) is 4.61.